The van der Waals surface area contributed by atoms with E-state index in [0.717, 1.165) is 16.8 Å². The van der Waals surface area contributed by atoms with Gasteiger partial charge in [-0.05, 0) is 37.1 Å². The first-order chi connectivity index (χ1) is 16.3. The Morgan fingerprint density at radius 1 is 1.15 bits per heavy atom. The lowest BCUT2D eigenvalue weighted by Crippen LogP contribution is -2.34. The van der Waals surface area contributed by atoms with Crippen LogP contribution >= 0.6 is 11.3 Å². The highest BCUT2D eigenvalue weighted by molar-refractivity contribution is 7.07. The van der Waals surface area contributed by atoms with Crippen LogP contribution in [0.4, 0.5) is 0 Å². The summed E-state index contributed by atoms with van der Waals surface area (Å²) in [7, 11) is 3.16. The Labute approximate surface area is 202 Å². The maximum atomic E-state index is 13.5. The van der Waals surface area contributed by atoms with Crippen molar-refractivity contribution in [3.8, 4) is 5.75 Å². The van der Waals surface area contributed by atoms with Gasteiger partial charge in [-0.15, -0.1) is 11.3 Å². The molecule has 0 saturated carbocycles. The molecule has 0 unspecified atom stereocenters. The molecule has 1 aromatic carbocycles. The molecule has 0 bridgehead atoms. The first kappa shape index (κ1) is 23.7. The predicted octanol–water partition coefficient (Wildman–Crippen LogP) is 2.90. The summed E-state index contributed by atoms with van der Waals surface area (Å²) < 4.78 is 7.05. The van der Waals surface area contributed by atoms with E-state index in [1.165, 1.54) is 24.5 Å². The molecule has 2 amide bonds. The van der Waals surface area contributed by atoms with Crippen molar-refractivity contribution >= 4 is 23.2 Å². The van der Waals surface area contributed by atoms with E-state index in [1.807, 2.05) is 37.4 Å². The van der Waals surface area contributed by atoms with Gasteiger partial charge in [0, 0.05) is 55.8 Å². The average Bonchev–Trinajstić information content (AvgIpc) is 3.23. The largest absolute Gasteiger partial charge is 0.496 e. The van der Waals surface area contributed by atoms with Gasteiger partial charge in [0.1, 0.15) is 11.3 Å². The van der Waals surface area contributed by atoms with Crippen LogP contribution in [0.2, 0.25) is 0 Å². The molecular formula is C25H28N4O4S. The average molecular weight is 481 g/mol. The van der Waals surface area contributed by atoms with Crippen molar-refractivity contribution in [1.82, 2.24) is 19.4 Å². The zero-order valence-corrected chi connectivity index (χ0v) is 20.6. The molecule has 3 aromatic rings. The summed E-state index contributed by atoms with van der Waals surface area (Å²) in [6, 6.07) is 7.03. The van der Waals surface area contributed by atoms with Crippen LogP contribution < -0.4 is 10.3 Å². The van der Waals surface area contributed by atoms with Gasteiger partial charge < -0.3 is 19.1 Å². The number of aryl methyl sites for hydroxylation is 2. The van der Waals surface area contributed by atoms with Gasteiger partial charge in [-0.3, -0.25) is 14.4 Å². The number of carbonyl (C=O) groups excluding carboxylic acids is 2. The van der Waals surface area contributed by atoms with E-state index in [0.29, 0.717) is 49.4 Å². The molecule has 0 aliphatic carbocycles. The Morgan fingerprint density at radius 2 is 1.94 bits per heavy atom. The fourth-order valence-corrected chi connectivity index (χ4v) is 4.77. The Kier molecular flexibility index (Phi) is 6.83. The van der Waals surface area contributed by atoms with Gasteiger partial charge in [-0.1, -0.05) is 6.07 Å². The third-order valence-electron chi connectivity index (χ3n) is 6.30. The highest BCUT2D eigenvalue weighted by Crippen LogP contribution is 2.25. The van der Waals surface area contributed by atoms with E-state index < -0.39 is 0 Å². The normalized spacial score (nSPS) is 13.2. The predicted molar refractivity (Wildman–Crippen MR) is 131 cm³/mol. The Balaban J connectivity index is 1.64. The van der Waals surface area contributed by atoms with Crippen molar-refractivity contribution in [2.45, 2.75) is 33.4 Å². The van der Waals surface area contributed by atoms with Crippen molar-refractivity contribution in [3.05, 3.63) is 79.2 Å². The van der Waals surface area contributed by atoms with E-state index in [4.69, 9.17) is 4.74 Å². The highest BCUT2D eigenvalue weighted by Gasteiger charge is 2.28. The molecule has 4 rings (SSSR count). The Bertz CT molecular complexity index is 1280. The standard InChI is InChI=1S/C25H28N4O4S/c1-16-5-6-18(11-17(16)2)24(31)28-8-7-20-23(21(33-4)12-22(30)29(20)10-9-28)25(32)27(3)13-19-14-34-15-26-19/h5-6,11-12,14-15H,7-10,13H2,1-4H3. The van der Waals surface area contributed by atoms with Crippen LogP contribution in [0.15, 0.2) is 40.0 Å². The zero-order chi connectivity index (χ0) is 24.4. The smallest absolute Gasteiger partial charge is 0.259 e. The van der Waals surface area contributed by atoms with E-state index >= 15 is 0 Å². The molecule has 1 aliphatic heterocycles. The number of fused-ring (bicyclic) bond motifs is 1. The minimum atomic E-state index is -0.248. The van der Waals surface area contributed by atoms with Gasteiger partial charge in [-0.25, -0.2) is 4.98 Å². The third-order valence-corrected chi connectivity index (χ3v) is 6.93. The molecule has 0 atom stereocenters. The molecule has 0 fully saturated rings. The number of carbonyl (C=O) groups is 2. The number of aromatic nitrogens is 2. The van der Waals surface area contributed by atoms with E-state index in [1.54, 1.807) is 26.9 Å². The molecule has 0 N–H and O–H groups in total. The number of amides is 2. The van der Waals surface area contributed by atoms with Gasteiger partial charge in [0.15, 0.2) is 0 Å². The van der Waals surface area contributed by atoms with Crippen molar-refractivity contribution < 1.29 is 14.3 Å². The van der Waals surface area contributed by atoms with Crippen LogP contribution in [0.1, 0.15) is 43.2 Å². The van der Waals surface area contributed by atoms with Crippen molar-refractivity contribution in [2.24, 2.45) is 0 Å². The molecule has 0 radical (unpaired) electrons. The van der Waals surface area contributed by atoms with Gasteiger partial charge >= 0.3 is 0 Å². The molecular weight excluding hydrogens is 452 g/mol. The number of ether oxygens (including phenoxy) is 1. The first-order valence-electron chi connectivity index (χ1n) is 11.1. The second-order valence-electron chi connectivity index (χ2n) is 8.51. The number of nitrogens with zero attached hydrogens (tertiary/aromatic N) is 4. The van der Waals surface area contributed by atoms with Crippen LogP contribution in [0, 0.1) is 13.8 Å². The number of pyridine rings is 1. The second kappa shape index (κ2) is 9.80. The monoisotopic (exact) mass is 480 g/mol. The SMILES string of the molecule is COc1cc(=O)n2c(c1C(=O)N(C)Cc1cscn1)CCN(C(=O)c1ccc(C)c(C)c1)CC2. The Morgan fingerprint density at radius 3 is 2.62 bits per heavy atom. The molecule has 34 heavy (non-hydrogen) atoms. The molecule has 9 heteroatoms. The number of hydrogen-bond donors (Lipinski definition) is 0. The summed E-state index contributed by atoms with van der Waals surface area (Å²) in [6.45, 7) is 5.43. The summed E-state index contributed by atoms with van der Waals surface area (Å²) in [5.41, 5.74) is 6.04. The van der Waals surface area contributed by atoms with E-state index in [2.05, 4.69) is 4.98 Å². The minimum Gasteiger partial charge on any atom is -0.496 e. The fourth-order valence-electron chi connectivity index (χ4n) is 4.22. The van der Waals surface area contributed by atoms with Gasteiger partial charge in [0.05, 0.1) is 24.9 Å². The minimum absolute atomic E-state index is 0.0792. The van der Waals surface area contributed by atoms with Gasteiger partial charge in [-0.2, -0.15) is 0 Å². The summed E-state index contributed by atoms with van der Waals surface area (Å²) in [5, 5.41) is 1.90. The van der Waals surface area contributed by atoms with Crippen molar-refractivity contribution in [3.63, 3.8) is 0 Å². The molecule has 178 valence electrons. The molecule has 0 spiro atoms. The molecule has 3 heterocycles. The number of thiazole rings is 1. The highest BCUT2D eigenvalue weighted by atomic mass is 32.1. The number of methoxy groups -OCH3 is 1. The first-order valence-corrected chi connectivity index (χ1v) is 12.0. The fraction of sp³-hybridized carbons (Fsp3) is 0.360. The van der Waals surface area contributed by atoms with Gasteiger partial charge in [0.2, 0.25) is 0 Å². The number of rotatable bonds is 5. The van der Waals surface area contributed by atoms with Crippen molar-refractivity contribution in [2.75, 3.05) is 27.2 Å². The summed E-state index contributed by atoms with van der Waals surface area (Å²) >= 11 is 1.47. The lowest BCUT2D eigenvalue weighted by Gasteiger charge is -2.22. The number of hydrogen-bond acceptors (Lipinski definition) is 6. The van der Waals surface area contributed by atoms with Crippen molar-refractivity contribution in [1.29, 1.82) is 0 Å². The summed E-state index contributed by atoms with van der Waals surface area (Å²) in [6.07, 6.45) is 0.370. The maximum absolute atomic E-state index is 13.5. The lowest BCUT2D eigenvalue weighted by molar-refractivity contribution is 0.0758. The van der Waals surface area contributed by atoms with E-state index in [9.17, 15) is 14.4 Å². The Hall–Kier alpha value is -3.46. The van der Waals surface area contributed by atoms with Crippen LogP contribution in [0.5, 0.6) is 5.75 Å². The van der Waals surface area contributed by atoms with Crippen LogP contribution in [-0.2, 0) is 19.5 Å². The molecule has 0 saturated heterocycles. The lowest BCUT2D eigenvalue weighted by atomic mass is 10.1. The van der Waals surface area contributed by atoms with Crippen LogP contribution in [0.3, 0.4) is 0 Å². The topological polar surface area (TPSA) is 84.7 Å². The van der Waals surface area contributed by atoms with Crippen LogP contribution in [0.25, 0.3) is 0 Å². The molecule has 8 nitrogen and oxygen atoms in total. The third kappa shape index (κ3) is 4.61. The number of benzene rings is 1. The quantitative estimate of drug-likeness (QED) is 0.561. The molecule has 2 aromatic heterocycles. The summed E-state index contributed by atoms with van der Waals surface area (Å²) in [5.74, 6) is -0.0766. The maximum Gasteiger partial charge on any atom is 0.259 e. The molecule has 1 aliphatic rings. The van der Waals surface area contributed by atoms with Crippen LogP contribution in [-0.4, -0.2) is 58.4 Å². The second-order valence-corrected chi connectivity index (χ2v) is 9.23. The summed E-state index contributed by atoms with van der Waals surface area (Å²) in [4.78, 5) is 47.1. The zero-order valence-electron chi connectivity index (χ0n) is 19.8. The van der Waals surface area contributed by atoms with E-state index in [-0.39, 0.29) is 23.1 Å². The van der Waals surface area contributed by atoms with Gasteiger partial charge in [0.25, 0.3) is 17.4 Å².